The first kappa shape index (κ1) is 16.6. The number of rotatable bonds is 5. The minimum atomic E-state index is -0.273. The predicted octanol–water partition coefficient (Wildman–Crippen LogP) is 3.59. The highest BCUT2D eigenvalue weighted by molar-refractivity contribution is 6.35. The minimum Gasteiger partial charge on any atom is -0.393 e. The van der Waals surface area contributed by atoms with Crippen molar-refractivity contribution in [3.63, 3.8) is 0 Å². The van der Waals surface area contributed by atoms with Crippen LogP contribution in [0, 0.1) is 5.92 Å². The van der Waals surface area contributed by atoms with E-state index in [4.69, 9.17) is 23.2 Å². The van der Waals surface area contributed by atoms with E-state index in [-0.39, 0.29) is 17.9 Å². The molecule has 1 aliphatic carbocycles. The highest BCUT2D eigenvalue weighted by Gasteiger charge is 2.23. The van der Waals surface area contributed by atoms with Gasteiger partial charge in [0.1, 0.15) is 0 Å². The highest BCUT2D eigenvalue weighted by Crippen LogP contribution is 2.24. The Labute approximate surface area is 135 Å². The van der Waals surface area contributed by atoms with Crippen molar-refractivity contribution < 1.29 is 9.90 Å². The van der Waals surface area contributed by atoms with Crippen molar-refractivity contribution in [1.29, 1.82) is 0 Å². The molecule has 21 heavy (non-hydrogen) atoms. The molecule has 0 spiro atoms. The zero-order chi connectivity index (χ0) is 15.2. The van der Waals surface area contributed by atoms with Crippen LogP contribution in [-0.4, -0.2) is 23.7 Å². The van der Waals surface area contributed by atoms with Crippen molar-refractivity contribution >= 4 is 29.1 Å². The summed E-state index contributed by atoms with van der Waals surface area (Å²) in [5, 5.41) is 14.0. The number of hydrogen-bond acceptors (Lipinski definition) is 2. The van der Waals surface area contributed by atoms with E-state index in [0.29, 0.717) is 29.4 Å². The number of aryl methyl sites for hydroxylation is 1. The van der Waals surface area contributed by atoms with Gasteiger partial charge in [0.25, 0.3) is 0 Å². The first-order chi connectivity index (χ1) is 10.1. The Morgan fingerprint density at radius 2 is 2.05 bits per heavy atom. The standard InChI is InChI=1S/C16H21Cl2NO2/c17-13-7-5-11(14(18)9-13)6-8-16(21)19-10-12-3-1-2-4-15(12)20/h5,7,9,12,15,20H,1-4,6,8,10H2,(H,19,21). The van der Waals surface area contributed by atoms with Gasteiger partial charge >= 0.3 is 0 Å². The molecule has 0 bridgehead atoms. The van der Waals surface area contributed by atoms with E-state index >= 15 is 0 Å². The molecule has 1 aromatic rings. The Morgan fingerprint density at radius 1 is 1.29 bits per heavy atom. The van der Waals surface area contributed by atoms with Crippen molar-refractivity contribution in [1.82, 2.24) is 5.32 Å². The summed E-state index contributed by atoms with van der Waals surface area (Å²) in [6.45, 7) is 0.564. The second-order valence-corrected chi connectivity index (χ2v) is 6.50. The van der Waals surface area contributed by atoms with Crippen LogP contribution >= 0.6 is 23.2 Å². The molecule has 0 aliphatic heterocycles. The van der Waals surface area contributed by atoms with E-state index < -0.39 is 0 Å². The van der Waals surface area contributed by atoms with Gasteiger partial charge in [-0.1, -0.05) is 42.1 Å². The fourth-order valence-electron chi connectivity index (χ4n) is 2.73. The normalized spacial score (nSPS) is 22.0. The molecule has 5 heteroatoms. The van der Waals surface area contributed by atoms with Crippen molar-refractivity contribution in [3.8, 4) is 0 Å². The van der Waals surface area contributed by atoms with Gasteiger partial charge in [0.2, 0.25) is 5.91 Å². The fourth-order valence-corrected chi connectivity index (χ4v) is 3.24. The largest absolute Gasteiger partial charge is 0.393 e. The number of hydrogen-bond donors (Lipinski definition) is 2. The maximum absolute atomic E-state index is 11.9. The number of carbonyl (C=O) groups is 1. The molecule has 1 saturated carbocycles. The third-order valence-electron chi connectivity index (χ3n) is 4.07. The van der Waals surface area contributed by atoms with Crippen molar-refractivity contribution in [2.24, 2.45) is 5.92 Å². The second-order valence-electron chi connectivity index (χ2n) is 5.65. The van der Waals surface area contributed by atoms with E-state index in [1.54, 1.807) is 12.1 Å². The molecule has 0 radical (unpaired) electrons. The SMILES string of the molecule is O=C(CCc1ccc(Cl)cc1Cl)NCC1CCCCC1O. The Morgan fingerprint density at radius 3 is 2.76 bits per heavy atom. The zero-order valence-corrected chi connectivity index (χ0v) is 13.5. The summed E-state index contributed by atoms with van der Waals surface area (Å²) in [6, 6.07) is 5.32. The van der Waals surface area contributed by atoms with E-state index in [1.807, 2.05) is 6.07 Å². The van der Waals surface area contributed by atoms with Crippen molar-refractivity contribution in [2.75, 3.05) is 6.54 Å². The number of aliphatic hydroxyl groups is 1. The Balaban J connectivity index is 1.74. The first-order valence-electron chi connectivity index (χ1n) is 7.45. The third kappa shape index (κ3) is 5.17. The second kappa shape index (κ2) is 8.02. The topological polar surface area (TPSA) is 49.3 Å². The van der Waals surface area contributed by atoms with Crippen molar-refractivity contribution in [3.05, 3.63) is 33.8 Å². The quantitative estimate of drug-likeness (QED) is 0.867. The Bertz CT molecular complexity index is 493. The first-order valence-corrected chi connectivity index (χ1v) is 8.20. The molecule has 1 amide bonds. The molecule has 2 N–H and O–H groups in total. The number of carbonyl (C=O) groups excluding carboxylic acids is 1. The summed E-state index contributed by atoms with van der Waals surface area (Å²) >= 11 is 11.9. The molecule has 0 aromatic heterocycles. The van der Waals surface area contributed by atoms with Crippen LogP contribution in [0.25, 0.3) is 0 Å². The van der Waals surface area contributed by atoms with Gasteiger partial charge in [-0.05, 0) is 37.0 Å². The number of amides is 1. The maximum atomic E-state index is 11.9. The number of aliphatic hydroxyl groups excluding tert-OH is 1. The fraction of sp³-hybridized carbons (Fsp3) is 0.562. The lowest BCUT2D eigenvalue weighted by Gasteiger charge is -2.27. The van der Waals surface area contributed by atoms with Gasteiger partial charge in [-0.3, -0.25) is 4.79 Å². The summed E-state index contributed by atoms with van der Waals surface area (Å²) in [7, 11) is 0. The molecule has 2 rings (SSSR count). The highest BCUT2D eigenvalue weighted by atomic mass is 35.5. The summed E-state index contributed by atoms with van der Waals surface area (Å²) in [5.74, 6) is 0.195. The molecule has 0 saturated heterocycles. The van der Waals surface area contributed by atoms with Crippen LogP contribution in [0.4, 0.5) is 0 Å². The van der Waals surface area contributed by atoms with Crippen molar-refractivity contribution in [2.45, 2.75) is 44.6 Å². The van der Waals surface area contributed by atoms with Crippen LogP contribution in [0.5, 0.6) is 0 Å². The number of benzene rings is 1. The summed E-state index contributed by atoms with van der Waals surface area (Å²) in [5.41, 5.74) is 0.925. The average molecular weight is 330 g/mol. The molecule has 1 fully saturated rings. The zero-order valence-electron chi connectivity index (χ0n) is 11.9. The minimum absolute atomic E-state index is 0.00112. The summed E-state index contributed by atoms with van der Waals surface area (Å²) in [6.07, 6.45) is 4.77. The van der Waals surface area contributed by atoms with E-state index in [2.05, 4.69) is 5.32 Å². The molecule has 0 heterocycles. The molecule has 1 aliphatic rings. The van der Waals surface area contributed by atoms with Crippen LogP contribution in [-0.2, 0) is 11.2 Å². The predicted molar refractivity (Wildman–Crippen MR) is 85.8 cm³/mol. The van der Waals surface area contributed by atoms with Crippen LogP contribution < -0.4 is 5.32 Å². The van der Waals surface area contributed by atoms with Gasteiger partial charge in [0, 0.05) is 28.9 Å². The van der Waals surface area contributed by atoms with Gasteiger partial charge in [-0.2, -0.15) is 0 Å². The average Bonchev–Trinajstić information content (AvgIpc) is 2.45. The van der Waals surface area contributed by atoms with Gasteiger partial charge in [0.15, 0.2) is 0 Å². The van der Waals surface area contributed by atoms with E-state index in [1.165, 1.54) is 0 Å². The van der Waals surface area contributed by atoms with Crippen LogP contribution in [0.15, 0.2) is 18.2 Å². The molecule has 2 atom stereocenters. The Kier molecular flexibility index (Phi) is 6.34. The van der Waals surface area contributed by atoms with Crippen LogP contribution in [0.3, 0.4) is 0 Å². The lowest BCUT2D eigenvalue weighted by Crippen LogP contribution is -2.36. The molecule has 3 nitrogen and oxygen atoms in total. The number of nitrogens with one attached hydrogen (secondary N) is 1. The molecular formula is C16H21Cl2NO2. The van der Waals surface area contributed by atoms with Gasteiger partial charge in [0.05, 0.1) is 6.10 Å². The number of halogens is 2. The summed E-state index contributed by atoms with van der Waals surface area (Å²) < 4.78 is 0. The monoisotopic (exact) mass is 329 g/mol. The summed E-state index contributed by atoms with van der Waals surface area (Å²) in [4.78, 5) is 11.9. The maximum Gasteiger partial charge on any atom is 0.220 e. The van der Waals surface area contributed by atoms with Crippen LogP contribution in [0.2, 0.25) is 10.0 Å². The molecular weight excluding hydrogens is 309 g/mol. The lowest BCUT2D eigenvalue weighted by atomic mass is 9.86. The van der Waals surface area contributed by atoms with Gasteiger partial charge < -0.3 is 10.4 Å². The molecule has 116 valence electrons. The van der Waals surface area contributed by atoms with E-state index in [0.717, 1.165) is 31.2 Å². The smallest absolute Gasteiger partial charge is 0.220 e. The van der Waals surface area contributed by atoms with Crippen LogP contribution in [0.1, 0.15) is 37.7 Å². The Hall–Kier alpha value is -0.770. The van der Waals surface area contributed by atoms with E-state index in [9.17, 15) is 9.90 Å². The molecule has 2 unspecified atom stereocenters. The molecule has 1 aromatic carbocycles. The van der Waals surface area contributed by atoms with Gasteiger partial charge in [-0.15, -0.1) is 0 Å². The lowest BCUT2D eigenvalue weighted by molar-refractivity contribution is -0.121. The van der Waals surface area contributed by atoms with Gasteiger partial charge in [-0.25, -0.2) is 0 Å². The third-order valence-corrected chi connectivity index (χ3v) is 4.65.